The van der Waals surface area contributed by atoms with Gasteiger partial charge >= 0.3 is 0 Å². The average Bonchev–Trinajstić information content (AvgIpc) is 2.32. The van der Waals surface area contributed by atoms with Gasteiger partial charge in [0.2, 0.25) is 5.91 Å². The number of carbonyl (C=O) groups excluding carboxylic acids is 1. The monoisotopic (exact) mass is 239 g/mol. The van der Waals surface area contributed by atoms with Crippen LogP contribution in [0.3, 0.4) is 0 Å². The molecule has 0 fully saturated rings. The third-order valence-corrected chi connectivity index (χ3v) is 2.91. The molecule has 1 N–H and O–H groups in total. The van der Waals surface area contributed by atoms with Crippen molar-refractivity contribution in [2.75, 3.05) is 5.32 Å². The number of carbonyl (C=O) groups is 1. The highest BCUT2D eigenvalue weighted by Crippen LogP contribution is 2.12. The normalized spacial score (nSPS) is 10.1. The maximum absolute atomic E-state index is 11.9. The summed E-state index contributed by atoms with van der Waals surface area (Å²) in [4.78, 5) is 11.9. The van der Waals surface area contributed by atoms with Gasteiger partial charge in [0.05, 0.1) is 6.42 Å². The molecule has 2 aromatic rings. The first kappa shape index (κ1) is 12.4. The van der Waals surface area contributed by atoms with Crippen molar-refractivity contribution < 1.29 is 4.79 Å². The molecule has 92 valence electrons. The van der Waals surface area contributed by atoms with E-state index in [2.05, 4.69) is 5.32 Å². The van der Waals surface area contributed by atoms with Gasteiger partial charge in [-0.25, -0.2) is 0 Å². The van der Waals surface area contributed by atoms with E-state index in [9.17, 15) is 4.79 Å². The average molecular weight is 239 g/mol. The number of rotatable bonds is 3. The zero-order valence-electron chi connectivity index (χ0n) is 10.7. The quantitative estimate of drug-likeness (QED) is 0.872. The number of hydrogen-bond donors (Lipinski definition) is 1. The molecule has 0 bridgehead atoms. The number of nitrogens with one attached hydrogen (secondary N) is 1. The van der Waals surface area contributed by atoms with Gasteiger partial charge in [0.1, 0.15) is 0 Å². The minimum Gasteiger partial charge on any atom is -0.326 e. The Morgan fingerprint density at radius 1 is 1.06 bits per heavy atom. The van der Waals surface area contributed by atoms with Crippen molar-refractivity contribution in [2.24, 2.45) is 0 Å². The molecule has 0 heterocycles. The SMILES string of the molecule is Cc1cccc(NC(=O)Cc2ccccc2C)c1. The van der Waals surface area contributed by atoms with E-state index in [1.165, 1.54) is 0 Å². The van der Waals surface area contributed by atoms with Crippen molar-refractivity contribution in [3.05, 3.63) is 65.2 Å². The van der Waals surface area contributed by atoms with E-state index >= 15 is 0 Å². The number of benzene rings is 2. The van der Waals surface area contributed by atoms with Crippen LogP contribution >= 0.6 is 0 Å². The zero-order valence-corrected chi connectivity index (χ0v) is 10.7. The third kappa shape index (κ3) is 3.20. The van der Waals surface area contributed by atoms with E-state index in [0.29, 0.717) is 6.42 Å². The Hall–Kier alpha value is -2.09. The van der Waals surface area contributed by atoms with E-state index in [1.54, 1.807) is 0 Å². The summed E-state index contributed by atoms with van der Waals surface area (Å²) < 4.78 is 0. The van der Waals surface area contributed by atoms with Crippen LogP contribution in [-0.2, 0) is 11.2 Å². The van der Waals surface area contributed by atoms with Crippen LogP contribution in [0.15, 0.2) is 48.5 Å². The third-order valence-electron chi connectivity index (χ3n) is 2.91. The lowest BCUT2D eigenvalue weighted by Crippen LogP contribution is -2.15. The second-order valence-corrected chi connectivity index (χ2v) is 4.52. The van der Waals surface area contributed by atoms with E-state index in [-0.39, 0.29) is 5.91 Å². The standard InChI is InChI=1S/C16H17NO/c1-12-6-5-9-15(10-12)17-16(18)11-14-8-4-3-7-13(14)2/h3-10H,11H2,1-2H3,(H,17,18). The summed E-state index contributed by atoms with van der Waals surface area (Å²) in [6.07, 6.45) is 0.417. The number of aryl methyl sites for hydroxylation is 2. The van der Waals surface area contributed by atoms with Gasteiger partial charge in [0.15, 0.2) is 0 Å². The summed E-state index contributed by atoms with van der Waals surface area (Å²) in [7, 11) is 0. The molecule has 0 radical (unpaired) electrons. The molecule has 0 atom stereocenters. The number of anilines is 1. The van der Waals surface area contributed by atoms with Crippen molar-refractivity contribution in [1.29, 1.82) is 0 Å². The molecule has 0 aromatic heterocycles. The lowest BCUT2D eigenvalue weighted by Gasteiger charge is -2.07. The highest BCUT2D eigenvalue weighted by molar-refractivity contribution is 5.92. The Morgan fingerprint density at radius 3 is 2.56 bits per heavy atom. The molecule has 0 aliphatic rings. The van der Waals surface area contributed by atoms with Gasteiger partial charge in [0, 0.05) is 5.69 Å². The molecule has 0 saturated carbocycles. The van der Waals surface area contributed by atoms with Crippen molar-refractivity contribution >= 4 is 11.6 Å². The molecule has 0 aliphatic heterocycles. The summed E-state index contributed by atoms with van der Waals surface area (Å²) in [5, 5.41) is 2.92. The Bertz CT molecular complexity index is 561. The lowest BCUT2D eigenvalue weighted by molar-refractivity contribution is -0.115. The van der Waals surface area contributed by atoms with E-state index < -0.39 is 0 Å². The molecule has 0 spiro atoms. The fourth-order valence-electron chi connectivity index (χ4n) is 1.91. The predicted octanol–water partition coefficient (Wildman–Crippen LogP) is 3.48. The van der Waals surface area contributed by atoms with Gasteiger partial charge in [-0.1, -0.05) is 36.4 Å². The van der Waals surface area contributed by atoms with Gasteiger partial charge in [-0.15, -0.1) is 0 Å². The minimum absolute atomic E-state index is 0.0231. The summed E-state index contributed by atoms with van der Waals surface area (Å²) in [5.41, 5.74) is 4.22. The lowest BCUT2D eigenvalue weighted by atomic mass is 10.1. The fraction of sp³-hybridized carbons (Fsp3) is 0.188. The summed E-state index contributed by atoms with van der Waals surface area (Å²) in [6.45, 7) is 4.03. The molecular formula is C16H17NO. The minimum atomic E-state index is 0.0231. The maximum Gasteiger partial charge on any atom is 0.228 e. The Labute approximate surface area is 108 Å². The summed E-state index contributed by atoms with van der Waals surface area (Å²) in [6, 6.07) is 15.8. The van der Waals surface area contributed by atoms with Crippen LogP contribution in [0.2, 0.25) is 0 Å². The van der Waals surface area contributed by atoms with Crippen LogP contribution in [0.5, 0.6) is 0 Å². The Morgan fingerprint density at radius 2 is 1.83 bits per heavy atom. The van der Waals surface area contributed by atoms with E-state index in [4.69, 9.17) is 0 Å². The van der Waals surface area contributed by atoms with Crippen molar-refractivity contribution in [3.63, 3.8) is 0 Å². The van der Waals surface area contributed by atoms with E-state index in [1.807, 2.05) is 62.4 Å². The molecule has 2 aromatic carbocycles. The van der Waals surface area contributed by atoms with Gasteiger partial charge in [-0.05, 0) is 42.7 Å². The van der Waals surface area contributed by atoms with Crippen molar-refractivity contribution in [3.8, 4) is 0 Å². The van der Waals surface area contributed by atoms with E-state index in [0.717, 1.165) is 22.4 Å². The number of amides is 1. The molecule has 0 aliphatic carbocycles. The molecule has 18 heavy (non-hydrogen) atoms. The predicted molar refractivity (Wildman–Crippen MR) is 74.7 cm³/mol. The Kier molecular flexibility index (Phi) is 3.78. The second-order valence-electron chi connectivity index (χ2n) is 4.52. The smallest absolute Gasteiger partial charge is 0.228 e. The first-order chi connectivity index (χ1) is 8.65. The topological polar surface area (TPSA) is 29.1 Å². The molecule has 1 amide bonds. The van der Waals surface area contributed by atoms with Crippen LogP contribution in [0.4, 0.5) is 5.69 Å². The van der Waals surface area contributed by atoms with Crippen molar-refractivity contribution in [1.82, 2.24) is 0 Å². The van der Waals surface area contributed by atoms with Gasteiger partial charge in [-0.2, -0.15) is 0 Å². The first-order valence-corrected chi connectivity index (χ1v) is 6.06. The highest BCUT2D eigenvalue weighted by Gasteiger charge is 2.05. The summed E-state index contributed by atoms with van der Waals surface area (Å²) in [5.74, 6) is 0.0231. The van der Waals surface area contributed by atoms with Gasteiger partial charge in [-0.3, -0.25) is 4.79 Å². The zero-order chi connectivity index (χ0) is 13.0. The number of hydrogen-bond acceptors (Lipinski definition) is 1. The molecular weight excluding hydrogens is 222 g/mol. The Balaban J connectivity index is 2.03. The molecule has 2 nitrogen and oxygen atoms in total. The first-order valence-electron chi connectivity index (χ1n) is 6.06. The maximum atomic E-state index is 11.9. The fourth-order valence-corrected chi connectivity index (χ4v) is 1.91. The molecule has 0 saturated heterocycles. The van der Waals surface area contributed by atoms with Crippen LogP contribution < -0.4 is 5.32 Å². The highest BCUT2D eigenvalue weighted by atomic mass is 16.1. The van der Waals surface area contributed by atoms with Crippen molar-refractivity contribution in [2.45, 2.75) is 20.3 Å². The molecule has 0 unspecified atom stereocenters. The molecule has 2 heteroatoms. The van der Waals surface area contributed by atoms with Crippen LogP contribution in [0.1, 0.15) is 16.7 Å². The van der Waals surface area contributed by atoms with Crippen LogP contribution in [-0.4, -0.2) is 5.91 Å². The van der Waals surface area contributed by atoms with Gasteiger partial charge in [0.25, 0.3) is 0 Å². The van der Waals surface area contributed by atoms with Crippen LogP contribution in [0, 0.1) is 13.8 Å². The van der Waals surface area contributed by atoms with Crippen LogP contribution in [0.25, 0.3) is 0 Å². The summed E-state index contributed by atoms with van der Waals surface area (Å²) >= 11 is 0. The molecule has 2 rings (SSSR count). The van der Waals surface area contributed by atoms with Gasteiger partial charge < -0.3 is 5.32 Å². The second kappa shape index (κ2) is 5.50. The largest absolute Gasteiger partial charge is 0.326 e.